The molecule has 0 aromatic heterocycles. The summed E-state index contributed by atoms with van der Waals surface area (Å²) in [6.07, 6.45) is 1.73. The summed E-state index contributed by atoms with van der Waals surface area (Å²) in [6, 6.07) is 20.2. The van der Waals surface area contributed by atoms with Crippen LogP contribution in [0.2, 0.25) is 0 Å². The van der Waals surface area contributed by atoms with Crippen molar-refractivity contribution in [2.24, 2.45) is 4.99 Å². The zero-order chi connectivity index (χ0) is 22.3. The molecular weight excluding hydrogens is 449 g/mol. The Kier molecular flexibility index (Phi) is 9.18. The zero-order valence-corrected chi connectivity index (χ0v) is 21.1. The Hall–Kier alpha value is -1.58. The third kappa shape index (κ3) is 6.46. The van der Waals surface area contributed by atoms with E-state index in [2.05, 4.69) is 63.9 Å². The molecule has 0 fully saturated rings. The molecule has 0 amide bonds. The monoisotopic (exact) mass is 475 g/mol. The fourth-order valence-corrected chi connectivity index (χ4v) is 3.30. The fourth-order valence-electron chi connectivity index (χ4n) is 3.30. The van der Waals surface area contributed by atoms with Crippen molar-refractivity contribution in [2.45, 2.75) is 40.0 Å². The van der Waals surface area contributed by atoms with Crippen molar-refractivity contribution in [3.05, 3.63) is 82.9 Å². The summed E-state index contributed by atoms with van der Waals surface area (Å²) < 4.78 is 0. The maximum absolute atomic E-state index is 10.8. The number of phenols is 1. The SMILES string of the molecule is Cc1cccc(C)c1-c1cccc(C=Nc2ccc(C(C)(C)C)cc2)c1O.[Cl][Ti][Cl]. The molecule has 0 saturated heterocycles. The number of nitrogens with zero attached hydrogens (tertiary/aromatic N) is 1. The van der Waals surface area contributed by atoms with Crippen molar-refractivity contribution in [3.63, 3.8) is 0 Å². The van der Waals surface area contributed by atoms with Gasteiger partial charge in [0.2, 0.25) is 0 Å². The van der Waals surface area contributed by atoms with E-state index in [4.69, 9.17) is 18.6 Å². The van der Waals surface area contributed by atoms with Crippen LogP contribution in [-0.4, -0.2) is 11.3 Å². The van der Waals surface area contributed by atoms with E-state index in [-0.39, 0.29) is 11.2 Å². The van der Waals surface area contributed by atoms with Gasteiger partial charge in [0, 0.05) is 17.3 Å². The van der Waals surface area contributed by atoms with Crippen molar-refractivity contribution < 1.29 is 22.1 Å². The summed E-state index contributed by atoms with van der Waals surface area (Å²) in [4.78, 5) is 4.56. The standard InChI is InChI=1S/C25H27NO.2ClH.Ti/c1-17-8-6-9-18(2)23(17)22-11-7-10-19(24(22)27)16-26-21-14-12-20(13-15-21)25(3,4)5;;;/h6-16,27H,1-5H3;2*1H;/q;;;+2/p-2. The van der Waals surface area contributed by atoms with Crippen molar-refractivity contribution in [3.8, 4) is 16.9 Å². The van der Waals surface area contributed by atoms with E-state index >= 15 is 0 Å². The van der Waals surface area contributed by atoms with Gasteiger partial charge in [0.25, 0.3) is 0 Å². The first-order valence-electron chi connectivity index (χ1n) is 9.68. The second-order valence-corrected chi connectivity index (χ2v) is 10.7. The zero-order valence-electron chi connectivity index (χ0n) is 18.0. The van der Waals surface area contributed by atoms with Gasteiger partial charge >= 0.3 is 35.6 Å². The molecular formula is C25H27Cl2NOTi. The van der Waals surface area contributed by atoms with E-state index in [0.29, 0.717) is 0 Å². The number of aromatic hydroxyl groups is 1. The van der Waals surface area contributed by atoms with Gasteiger partial charge in [-0.25, -0.2) is 0 Å². The Morgan fingerprint density at radius 3 is 1.93 bits per heavy atom. The van der Waals surface area contributed by atoms with Crippen LogP contribution in [0.4, 0.5) is 5.69 Å². The van der Waals surface area contributed by atoms with Gasteiger partial charge in [-0.2, -0.15) is 0 Å². The number of rotatable bonds is 3. The molecule has 156 valence electrons. The first-order chi connectivity index (χ1) is 14.2. The molecule has 1 N–H and O–H groups in total. The van der Waals surface area contributed by atoms with Crippen molar-refractivity contribution >= 4 is 30.5 Å². The van der Waals surface area contributed by atoms with Gasteiger partial charge in [-0.05, 0) is 59.7 Å². The third-order valence-electron chi connectivity index (χ3n) is 4.90. The number of aryl methyl sites for hydroxylation is 2. The van der Waals surface area contributed by atoms with Crippen molar-refractivity contribution in [1.82, 2.24) is 0 Å². The summed E-state index contributed by atoms with van der Waals surface area (Å²) in [5, 5.41) is 10.8. The molecule has 0 saturated carbocycles. The average Bonchev–Trinajstić information content (AvgIpc) is 2.68. The summed E-state index contributed by atoms with van der Waals surface area (Å²) in [7, 11) is 9.78. The number of aliphatic imine (C=N–C) groups is 1. The predicted octanol–water partition coefficient (Wildman–Crippen LogP) is 8.10. The van der Waals surface area contributed by atoms with E-state index < -0.39 is 17.0 Å². The van der Waals surface area contributed by atoms with Crippen LogP contribution in [0.3, 0.4) is 0 Å². The number of hydrogen-bond acceptors (Lipinski definition) is 2. The van der Waals surface area contributed by atoms with Crippen LogP contribution < -0.4 is 0 Å². The van der Waals surface area contributed by atoms with E-state index in [1.54, 1.807) is 6.21 Å². The molecule has 3 aromatic rings. The summed E-state index contributed by atoms with van der Waals surface area (Å²) in [6.45, 7) is 10.7. The maximum atomic E-state index is 10.8. The predicted molar refractivity (Wildman–Crippen MR) is 127 cm³/mol. The van der Waals surface area contributed by atoms with Gasteiger partial charge in [0.15, 0.2) is 0 Å². The van der Waals surface area contributed by atoms with Gasteiger partial charge in [0.1, 0.15) is 5.75 Å². The van der Waals surface area contributed by atoms with Gasteiger partial charge in [-0.1, -0.05) is 63.2 Å². The molecule has 0 aliphatic heterocycles. The van der Waals surface area contributed by atoms with E-state index in [0.717, 1.165) is 33.5 Å². The Bertz CT molecular complexity index is 988. The summed E-state index contributed by atoms with van der Waals surface area (Å²) in [5.41, 5.74) is 7.23. The Morgan fingerprint density at radius 1 is 0.867 bits per heavy atom. The third-order valence-corrected chi connectivity index (χ3v) is 4.90. The van der Waals surface area contributed by atoms with Crippen LogP contribution in [0.1, 0.15) is 43.0 Å². The van der Waals surface area contributed by atoms with E-state index in [1.165, 1.54) is 5.56 Å². The fraction of sp³-hybridized carbons (Fsp3) is 0.240. The molecule has 0 spiro atoms. The molecule has 3 aromatic carbocycles. The molecule has 0 heterocycles. The molecule has 0 atom stereocenters. The molecule has 0 unspecified atom stereocenters. The summed E-state index contributed by atoms with van der Waals surface area (Å²) in [5.74, 6) is 0.268. The van der Waals surface area contributed by atoms with Crippen LogP contribution in [-0.2, 0) is 22.4 Å². The Morgan fingerprint density at radius 2 is 1.40 bits per heavy atom. The van der Waals surface area contributed by atoms with Gasteiger partial charge in [-0.15, -0.1) is 0 Å². The molecule has 2 nitrogen and oxygen atoms in total. The average molecular weight is 476 g/mol. The van der Waals surface area contributed by atoms with Crippen LogP contribution in [0, 0.1) is 13.8 Å². The van der Waals surface area contributed by atoms with Gasteiger partial charge in [-0.3, -0.25) is 4.99 Å². The van der Waals surface area contributed by atoms with Crippen LogP contribution >= 0.6 is 18.6 Å². The van der Waals surface area contributed by atoms with E-state index in [1.807, 2.05) is 36.4 Å². The summed E-state index contributed by atoms with van der Waals surface area (Å²) >= 11 is -0.556. The first-order valence-corrected chi connectivity index (χ1v) is 14.0. The minimum atomic E-state index is -0.556. The van der Waals surface area contributed by atoms with Crippen LogP contribution in [0.15, 0.2) is 65.7 Å². The number of halogens is 2. The molecule has 30 heavy (non-hydrogen) atoms. The molecule has 3 rings (SSSR count). The number of para-hydroxylation sites is 1. The number of phenolic OH excluding ortho intramolecular Hbond substituents is 1. The normalized spacial score (nSPS) is 11.2. The molecule has 0 bridgehead atoms. The van der Waals surface area contributed by atoms with Crippen molar-refractivity contribution in [1.29, 1.82) is 0 Å². The topological polar surface area (TPSA) is 32.6 Å². The second kappa shape index (κ2) is 11.2. The molecule has 5 heteroatoms. The van der Waals surface area contributed by atoms with Gasteiger partial charge in [0.05, 0.1) is 5.69 Å². The molecule has 0 aliphatic carbocycles. The van der Waals surface area contributed by atoms with Gasteiger partial charge < -0.3 is 5.11 Å². The molecule has 0 aliphatic rings. The Balaban J connectivity index is 0.00000101. The molecule has 0 radical (unpaired) electrons. The minimum absolute atomic E-state index is 0.125. The van der Waals surface area contributed by atoms with Crippen LogP contribution in [0.5, 0.6) is 5.75 Å². The Labute approximate surface area is 196 Å². The van der Waals surface area contributed by atoms with E-state index in [9.17, 15) is 5.11 Å². The first kappa shape index (κ1) is 24.7. The quantitative estimate of drug-likeness (QED) is 0.301. The second-order valence-electron chi connectivity index (χ2n) is 8.14. The van der Waals surface area contributed by atoms with Crippen molar-refractivity contribution in [2.75, 3.05) is 0 Å². The number of hydrogen-bond donors (Lipinski definition) is 1. The number of benzene rings is 3. The van der Waals surface area contributed by atoms with Crippen LogP contribution in [0.25, 0.3) is 11.1 Å².